The molecule has 4 nitrogen and oxygen atoms in total. The maximum Gasteiger partial charge on any atom is 0.270 e. The van der Waals surface area contributed by atoms with Crippen molar-refractivity contribution in [2.24, 2.45) is 5.92 Å². The Balaban J connectivity index is 1.77. The van der Waals surface area contributed by atoms with Gasteiger partial charge in [-0.05, 0) is 54.2 Å². The molecular formula is C14H20BrN3O. The van der Waals surface area contributed by atoms with Crippen LogP contribution in [-0.2, 0) is 6.54 Å². The molecule has 0 bridgehead atoms. The number of halogens is 1. The highest BCUT2D eigenvalue weighted by Gasteiger charge is 2.37. The highest BCUT2D eigenvalue weighted by Crippen LogP contribution is 2.27. The summed E-state index contributed by atoms with van der Waals surface area (Å²) in [5.41, 5.74) is 0.799. The van der Waals surface area contributed by atoms with Crippen LogP contribution in [0.1, 0.15) is 30.3 Å². The zero-order valence-electron chi connectivity index (χ0n) is 11.2. The van der Waals surface area contributed by atoms with Crippen LogP contribution in [0.25, 0.3) is 0 Å². The number of likely N-dealkylation sites (tertiary alicyclic amines) is 1. The molecule has 3 rings (SSSR count). The molecule has 2 unspecified atom stereocenters. The van der Waals surface area contributed by atoms with Gasteiger partial charge in [-0.25, -0.2) is 0 Å². The third kappa shape index (κ3) is 2.46. The lowest BCUT2D eigenvalue weighted by Crippen LogP contribution is -2.41. The first-order valence-corrected chi connectivity index (χ1v) is 7.86. The number of aromatic nitrogens is 1. The van der Waals surface area contributed by atoms with Gasteiger partial charge in [0.05, 0.1) is 0 Å². The number of amides is 1. The largest absolute Gasteiger partial charge is 0.343 e. The van der Waals surface area contributed by atoms with Crippen LogP contribution >= 0.6 is 15.9 Å². The highest BCUT2D eigenvalue weighted by molar-refractivity contribution is 9.10. The minimum absolute atomic E-state index is 0.170. The number of piperidine rings is 1. The van der Waals surface area contributed by atoms with Crippen molar-refractivity contribution in [2.75, 3.05) is 19.6 Å². The molecule has 104 valence electrons. The van der Waals surface area contributed by atoms with Gasteiger partial charge in [-0.2, -0.15) is 0 Å². The first-order chi connectivity index (χ1) is 9.19. The predicted octanol–water partition coefficient (Wildman–Crippen LogP) is 2.09. The smallest absolute Gasteiger partial charge is 0.270 e. The van der Waals surface area contributed by atoms with Crippen molar-refractivity contribution in [3.05, 3.63) is 22.4 Å². The zero-order chi connectivity index (χ0) is 13.4. The zero-order valence-corrected chi connectivity index (χ0v) is 12.8. The number of nitrogens with one attached hydrogen (secondary N) is 1. The monoisotopic (exact) mass is 325 g/mol. The van der Waals surface area contributed by atoms with Gasteiger partial charge in [-0.15, -0.1) is 0 Å². The van der Waals surface area contributed by atoms with Crippen molar-refractivity contribution >= 4 is 21.8 Å². The van der Waals surface area contributed by atoms with E-state index in [1.165, 1.54) is 12.8 Å². The van der Waals surface area contributed by atoms with Gasteiger partial charge >= 0.3 is 0 Å². The van der Waals surface area contributed by atoms with Gasteiger partial charge in [0.2, 0.25) is 0 Å². The van der Waals surface area contributed by atoms with E-state index in [2.05, 4.69) is 28.2 Å². The fourth-order valence-corrected chi connectivity index (χ4v) is 3.75. The van der Waals surface area contributed by atoms with Crippen LogP contribution in [0.15, 0.2) is 16.7 Å². The predicted molar refractivity (Wildman–Crippen MR) is 78.2 cm³/mol. The molecule has 0 aromatic carbocycles. The number of fused-ring (bicyclic) bond motifs is 1. The molecule has 5 heteroatoms. The molecule has 3 heterocycles. The Morgan fingerprint density at radius 3 is 3.11 bits per heavy atom. The number of hydrogen-bond acceptors (Lipinski definition) is 2. The number of carbonyl (C=O) groups is 1. The highest BCUT2D eigenvalue weighted by atomic mass is 79.9. The van der Waals surface area contributed by atoms with Crippen LogP contribution in [-0.4, -0.2) is 41.1 Å². The molecule has 2 aliphatic rings. The van der Waals surface area contributed by atoms with Gasteiger partial charge in [-0.1, -0.05) is 0 Å². The minimum atomic E-state index is 0.170. The van der Waals surface area contributed by atoms with Crippen molar-refractivity contribution in [3.8, 4) is 0 Å². The molecule has 0 saturated carbocycles. The van der Waals surface area contributed by atoms with Gasteiger partial charge in [-0.3, -0.25) is 4.79 Å². The van der Waals surface area contributed by atoms with Crippen molar-refractivity contribution < 1.29 is 4.79 Å². The molecule has 0 spiro atoms. The lowest BCUT2D eigenvalue weighted by atomic mass is 9.94. The van der Waals surface area contributed by atoms with E-state index in [-0.39, 0.29) is 5.91 Å². The SMILES string of the molecule is CCn1cc(Br)cc1C(=O)N1CC2CCCNC2C1. The first-order valence-electron chi connectivity index (χ1n) is 7.07. The average Bonchev–Trinajstić information content (AvgIpc) is 3.00. The van der Waals surface area contributed by atoms with E-state index < -0.39 is 0 Å². The number of rotatable bonds is 2. The van der Waals surface area contributed by atoms with E-state index in [1.54, 1.807) is 0 Å². The third-order valence-electron chi connectivity index (χ3n) is 4.31. The summed E-state index contributed by atoms with van der Waals surface area (Å²) in [6.07, 6.45) is 4.47. The van der Waals surface area contributed by atoms with Crippen molar-refractivity contribution in [3.63, 3.8) is 0 Å². The Kier molecular flexibility index (Phi) is 3.67. The van der Waals surface area contributed by atoms with E-state index in [9.17, 15) is 4.79 Å². The second-order valence-corrected chi connectivity index (χ2v) is 6.42. The second-order valence-electron chi connectivity index (χ2n) is 5.50. The Bertz CT molecular complexity index is 471. The van der Waals surface area contributed by atoms with E-state index >= 15 is 0 Å². The molecule has 2 fully saturated rings. The number of carbonyl (C=O) groups excluding carboxylic acids is 1. The maximum atomic E-state index is 12.6. The fraction of sp³-hybridized carbons (Fsp3) is 0.643. The summed E-state index contributed by atoms with van der Waals surface area (Å²) in [6, 6.07) is 2.44. The summed E-state index contributed by atoms with van der Waals surface area (Å²) in [5, 5.41) is 3.54. The van der Waals surface area contributed by atoms with E-state index in [0.717, 1.165) is 36.3 Å². The Labute approximate surface area is 122 Å². The summed E-state index contributed by atoms with van der Waals surface area (Å²) >= 11 is 3.46. The van der Waals surface area contributed by atoms with Crippen molar-refractivity contribution in [1.29, 1.82) is 0 Å². The summed E-state index contributed by atoms with van der Waals surface area (Å²) in [6.45, 7) is 5.75. The van der Waals surface area contributed by atoms with Gasteiger partial charge in [0.15, 0.2) is 0 Å². The third-order valence-corrected chi connectivity index (χ3v) is 4.74. The van der Waals surface area contributed by atoms with Crippen LogP contribution < -0.4 is 5.32 Å². The summed E-state index contributed by atoms with van der Waals surface area (Å²) in [7, 11) is 0. The Hall–Kier alpha value is -0.810. The van der Waals surface area contributed by atoms with Crippen molar-refractivity contribution in [2.45, 2.75) is 32.4 Å². The molecule has 0 radical (unpaired) electrons. The maximum absolute atomic E-state index is 12.6. The summed E-state index contributed by atoms with van der Waals surface area (Å²) in [5.74, 6) is 0.815. The molecule has 2 saturated heterocycles. The molecule has 1 N–H and O–H groups in total. The van der Waals surface area contributed by atoms with E-state index in [1.807, 2.05) is 21.7 Å². The van der Waals surface area contributed by atoms with Crippen LogP contribution in [0.2, 0.25) is 0 Å². The van der Waals surface area contributed by atoms with E-state index in [4.69, 9.17) is 0 Å². The molecule has 1 amide bonds. The molecule has 2 aliphatic heterocycles. The number of hydrogen-bond donors (Lipinski definition) is 1. The van der Waals surface area contributed by atoms with Crippen LogP contribution in [0, 0.1) is 5.92 Å². The lowest BCUT2D eigenvalue weighted by molar-refractivity contribution is 0.0775. The molecule has 1 aromatic heterocycles. The molecule has 2 atom stereocenters. The second kappa shape index (κ2) is 5.29. The van der Waals surface area contributed by atoms with Gasteiger partial charge in [0, 0.05) is 36.3 Å². The number of aryl methyl sites for hydroxylation is 1. The number of nitrogens with zero attached hydrogens (tertiary/aromatic N) is 2. The molecule has 0 aliphatic carbocycles. The Morgan fingerprint density at radius 1 is 1.53 bits per heavy atom. The normalized spacial score (nSPS) is 26.5. The standard InChI is InChI=1S/C14H20BrN3O/c1-2-17-8-11(15)6-13(17)14(19)18-7-10-4-3-5-16-12(10)9-18/h6,8,10,12,16H,2-5,7,9H2,1H3. The van der Waals surface area contributed by atoms with Gasteiger partial charge in [0.25, 0.3) is 5.91 Å². The van der Waals surface area contributed by atoms with Gasteiger partial charge < -0.3 is 14.8 Å². The van der Waals surface area contributed by atoms with E-state index in [0.29, 0.717) is 12.0 Å². The van der Waals surface area contributed by atoms with Crippen molar-refractivity contribution in [1.82, 2.24) is 14.8 Å². The topological polar surface area (TPSA) is 37.3 Å². The molecule has 19 heavy (non-hydrogen) atoms. The molecule has 1 aromatic rings. The van der Waals surface area contributed by atoms with Gasteiger partial charge in [0.1, 0.15) is 5.69 Å². The van der Waals surface area contributed by atoms with Crippen LogP contribution in [0.3, 0.4) is 0 Å². The average molecular weight is 326 g/mol. The molecular weight excluding hydrogens is 306 g/mol. The minimum Gasteiger partial charge on any atom is -0.343 e. The quantitative estimate of drug-likeness (QED) is 0.904. The summed E-state index contributed by atoms with van der Waals surface area (Å²) in [4.78, 5) is 14.7. The van der Waals surface area contributed by atoms with Crippen LogP contribution in [0.4, 0.5) is 0 Å². The first kappa shape index (κ1) is 13.2. The van der Waals surface area contributed by atoms with Crippen LogP contribution in [0.5, 0.6) is 0 Å². The Morgan fingerprint density at radius 2 is 2.37 bits per heavy atom. The summed E-state index contributed by atoms with van der Waals surface area (Å²) < 4.78 is 2.99. The lowest BCUT2D eigenvalue weighted by Gasteiger charge is -2.24. The fourth-order valence-electron chi connectivity index (χ4n) is 3.29.